The number of fused-ring (bicyclic) bond motifs is 1. The van der Waals surface area contributed by atoms with E-state index in [1.54, 1.807) is 13.2 Å². The van der Waals surface area contributed by atoms with Crippen LogP contribution in [0.4, 0.5) is 0 Å². The number of aliphatic hydroxyl groups is 1. The second-order valence-corrected chi connectivity index (χ2v) is 4.56. The maximum Gasteiger partial charge on any atom is 0.123 e. The molecular weight excluding hydrogens is 288 g/mol. The molecular formula is C20H28O3. The molecule has 3 heteroatoms. The zero-order chi connectivity index (χ0) is 17.5. The Bertz CT molecular complexity index is 528. The number of rotatable bonds is 2. The van der Waals surface area contributed by atoms with Gasteiger partial charge >= 0.3 is 0 Å². The Morgan fingerprint density at radius 2 is 1.91 bits per heavy atom. The number of benzene rings is 1. The zero-order valence-electron chi connectivity index (χ0n) is 14.4. The van der Waals surface area contributed by atoms with E-state index in [2.05, 4.69) is 31.4 Å². The van der Waals surface area contributed by atoms with Gasteiger partial charge in [-0.1, -0.05) is 30.9 Å². The van der Waals surface area contributed by atoms with Crippen LogP contribution in [0.2, 0.25) is 0 Å². The van der Waals surface area contributed by atoms with Gasteiger partial charge in [-0.15, -0.1) is 6.58 Å². The van der Waals surface area contributed by atoms with Gasteiger partial charge < -0.3 is 14.6 Å². The van der Waals surface area contributed by atoms with E-state index < -0.39 is 0 Å². The van der Waals surface area contributed by atoms with E-state index in [-0.39, 0.29) is 0 Å². The van der Waals surface area contributed by atoms with E-state index in [4.69, 9.17) is 14.6 Å². The predicted octanol–water partition coefficient (Wildman–Crippen LogP) is 4.54. The van der Waals surface area contributed by atoms with E-state index in [0.717, 1.165) is 31.3 Å². The third kappa shape index (κ3) is 8.07. The molecule has 1 aromatic carbocycles. The van der Waals surface area contributed by atoms with Crippen molar-refractivity contribution in [2.45, 2.75) is 19.8 Å². The van der Waals surface area contributed by atoms with Crippen molar-refractivity contribution in [1.29, 1.82) is 0 Å². The number of hydrogen-bond donors (Lipinski definition) is 1. The van der Waals surface area contributed by atoms with Crippen molar-refractivity contribution in [1.82, 2.24) is 0 Å². The summed E-state index contributed by atoms with van der Waals surface area (Å²) in [4.78, 5) is 0. The molecule has 3 nitrogen and oxygen atoms in total. The summed E-state index contributed by atoms with van der Waals surface area (Å²) in [6.45, 7) is 9.73. The fourth-order valence-electron chi connectivity index (χ4n) is 1.89. The molecule has 126 valence electrons. The fourth-order valence-corrected chi connectivity index (χ4v) is 1.89. The number of methoxy groups -OCH3 is 1. The van der Waals surface area contributed by atoms with E-state index in [9.17, 15) is 0 Å². The molecule has 0 saturated carbocycles. The van der Waals surface area contributed by atoms with Crippen LogP contribution in [0.15, 0.2) is 61.7 Å². The molecule has 0 aliphatic carbocycles. The van der Waals surface area contributed by atoms with Gasteiger partial charge in [0.15, 0.2) is 0 Å². The van der Waals surface area contributed by atoms with Crippen LogP contribution < -0.4 is 4.74 Å². The van der Waals surface area contributed by atoms with E-state index in [1.165, 1.54) is 5.56 Å². The minimum absolute atomic E-state index is 0.599. The molecule has 0 unspecified atom stereocenters. The maximum atomic E-state index is 7.00. The van der Waals surface area contributed by atoms with Crippen LogP contribution in [0, 0.1) is 0 Å². The molecule has 0 saturated heterocycles. The maximum absolute atomic E-state index is 7.00. The minimum Gasteiger partial charge on any atom is -0.497 e. The molecule has 1 aromatic rings. The van der Waals surface area contributed by atoms with Crippen LogP contribution in [0.5, 0.6) is 5.75 Å². The van der Waals surface area contributed by atoms with Gasteiger partial charge in [-0.25, -0.2) is 0 Å². The Morgan fingerprint density at radius 1 is 1.26 bits per heavy atom. The molecule has 23 heavy (non-hydrogen) atoms. The predicted molar refractivity (Wildman–Crippen MR) is 98.6 cm³/mol. The Hall–Kier alpha value is -2.26. The van der Waals surface area contributed by atoms with E-state index in [1.807, 2.05) is 31.2 Å². The summed E-state index contributed by atoms with van der Waals surface area (Å²) in [7, 11) is 2.64. The first-order valence-corrected chi connectivity index (χ1v) is 7.55. The molecule has 2 rings (SSSR count). The van der Waals surface area contributed by atoms with Crippen molar-refractivity contribution in [2.75, 3.05) is 20.8 Å². The summed E-state index contributed by atoms with van der Waals surface area (Å²) >= 11 is 0. The highest BCUT2D eigenvalue weighted by molar-refractivity contribution is 5.60. The molecule has 0 amide bonds. The van der Waals surface area contributed by atoms with Gasteiger partial charge in [0.1, 0.15) is 18.1 Å². The molecule has 1 aliphatic rings. The lowest BCUT2D eigenvalue weighted by molar-refractivity contribution is 0.357. The Kier molecular flexibility index (Phi) is 12.1. The summed E-state index contributed by atoms with van der Waals surface area (Å²) in [5.41, 5.74) is 2.21. The monoisotopic (exact) mass is 316 g/mol. The van der Waals surface area contributed by atoms with Crippen molar-refractivity contribution < 1.29 is 14.6 Å². The van der Waals surface area contributed by atoms with Gasteiger partial charge in [-0.05, 0) is 49.6 Å². The van der Waals surface area contributed by atoms with Crippen LogP contribution in [-0.4, -0.2) is 25.9 Å². The molecule has 1 aliphatic heterocycles. The van der Waals surface area contributed by atoms with Crippen molar-refractivity contribution >= 4 is 5.76 Å². The zero-order valence-corrected chi connectivity index (χ0v) is 14.4. The number of allylic oxidation sites excluding steroid dienone is 4. The lowest BCUT2D eigenvalue weighted by Gasteiger charge is -2.13. The van der Waals surface area contributed by atoms with Crippen molar-refractivity contribution in [2.24, 2.45) is 0 Å². The molecule has 1 heterocycles. The lowest BCUT2D eigenvalue weighted by atomic mass is 10.0. The van der Waals surface area contributed by atoms with Crippen LogP contribution in [0.1, 0.15) is 24.5 Å². The molecule has 0 bridgehead atoms. The summed E-state index contributed by atoms with van der Waals surface area (Å²) in [6, 6.07) is 6.07. The fraction of sp³-hybridized carbons (Fsp3) is 0.300. The highest BCUT2D eigenvalue weighted by atomic mass is 16.5. The van der Waals surface area contributed by atoms with Crippen molar-refractivity contribution in [3.63, 3.8) is 0 Å². The van der Waals surface area contributed by atoms with Crippen LogP contribution in [0.3, 0.4) is 0 Å². The van der Waals surface area contributed by atoms with Crippen molar-refractivity contribution in [3.05, 3.63) is 72.9 Å². The van der Waals surface area contributed by atoms with Crippen LogP contribution in [-0.2, 0) is 11.2 Å². The second kappa shape index (κ2) is 13.4. The Morgan fingerprint density at radius 3 is 2.57 bits per heavy atom. The first kappa shape index (κ1) is 20.7. The highest BCUT2D eigenvalue weighted by Gasteiger charge is 2.07. The highest BCUT2D eigenvalue weighted by Crippen LogP contribution is 2.25. The third-order valence-corrected chi connectivity index (χ3v) is 2.93. The molecule has 0 radical (unpaired) electrons. The minimum atomic E-state index is 0.599. The Labute approximate surface area is 140 Å². The third-order valence-electron chi connectivity index (χ3n) is 2.93. The second-order valence-electron chi connectivity index (χ2n) is 4.56. The first-order chi connectivity index (χ1) is 11.2. The first-order valence-electron chi connectivity index (χ1n) is 7.55. The van der Waals surface area contributed by atoms with E-state index >= 15 is 0 Å². The van der Waals surface area contributed by atoms with Gasteiger partial charge in [0.25, 0.3) is 0 Å². The van der Waals surface area contributed by atoms with Gasteiger partial charge in [0.2, 0.25) is 0 Å². The topological polar surface area (TPSA) is 38.7 Å². The van der Waals surface area contributed by atoms with E-state index in [0.29, 0.717) is 12.4 Å². The van der Waals surface area contributed by atoms with Gasteiger partial charge in [-0.3, -0.25) is 0 Å². The number of ether oxygens (including phenoxy) is 2. The average molecular weight is 316 g/mol. The average Bonchev–Trinajstić information content (AvgIpc) is 2.60. The lowest BCUT2D eigenvalue weighted by Crippen LogP contribution is -2.00. The largest absolute Gasteiger partial charge is 0.497 e. The number of aliphatic hydroxyl groups excluding tert-OH is 1. The Balaban J connectivity index is 0.000000868. The number of hydrogen-bond acceptors (Lipinski definition) is 3. The van der Waals surface area contributed by atoms with Crippen LogP contribution in [0.25, 0.3) is 5.76 Å². The van der Waals surface area contributed by atoms with Crippen LogP contribution >= 0.6 is 0 Å². The molecule has 1 N–H and O–H groups in total. The molecule has 0 spiro atoms. The molecule has 0 fully saturated rings. The van der Waals surface area contributed by atoms with Gasteiger partial charge in [-0.2, -0.15) is 0 Å². The summed E-state index contributed by atoms with van der Waals surface area (Å²) in [6.07, 6.45) is 12.0. The number of aryl methyl sites for hydroxylation is 1. The van der Waals surface area contributed by atoms with Gasteiger partial charge in [0.05, 0.1) is 7.11 Å². The molecule has 0 aromatic heterocycles. The standard InChI is InChI=1S/C16H18O2.C3H6.CH4O/c1-13(17-2)14-9-10-16-15(12-14)8-6-4-3-5-7-11-18-16;1-3-2;1-2/h3-5,7,9-10,12H,1,6,8,11H2,2H3;3H,1H2,2H3;2H,1H3/b4-3-,7-5-;;. The quantitative estimate of drug-likeness (QED) is 0.643. The normalized spacial score (nSPS) is 15.0. The van der Waals surface area contributed by atoms with Gasteiger partial charge in [0, 0.05) is 12.7 Å². The summed E-state index contributed by atoms with van der Waals surface area (Å²) in [5.74, 6) is 1.63. The summed E-state index contributed by atoms with van der Waals surface area (Å²) < 4.78 is 10.9. The van der Waals surface area contributed by atoms with Crippen molar-refractivity contribution in [3.8, 4) is 5.75 Å². The smallest absolute Gasteiger partial charge is 0.123 e. The SMILES string of the molecule is C=C(OC)c1ccc2c(c1)CC/C=C\C=C/CO2.C=CC.CO. The summed E-state index contributed by atoms with van der Waals surface area (Å²) in [5, 5.41) is 7.00. The molecule has 0 atom stereocenters.